The molecule has 2 atom stereocenters. The second kappa shape index (κ2) is 7.87. The Labute approximate surface area is 157 Å². The van der Waals surface area contributed by atoms with Crippen molar-refractivity contribution in [1.82, 2.24) is 9.62 Å². The van der Waals surface area contributed by atoms with Gasteiger partial charge in [-0.15, -0.1) is 11.3 Å². The van der Waals surface area contributed by atoms with E-state index in [-0.39, 0.29) is 23.0 Å². The van der Waals surface area contributed by atoms with Gasteiger partial charge >= 0.3 is 0 Å². The van der Waals surface area contributed by atoms with E-state index in [0.29, 0.717) is 25.2 Å². The minimum Gasteiger partial charge on any atom is -0.373 e. The number of hydrogen-bond donors (Lipinski definition) is 1. The first-order chi connectivity index (χ1) is 12.4. The number of nitrogens with zero attached hydrogens (tertiary/aromatic N) is 1. The Morgan fingerprint density at radius 1 is 1.23 bits per heavy atom. The molecule has 1 aliphatic rings. The highest BCUT2D eigenvalue weighted by molar-refractivity contribution is 7.89. The highest BCUT2D eigenvalue weighted by atomic mass is 32.2. The number of morpholine rings is 1. The molecule has 0 saturated carbocycles. The summed E-state index contributed by atoms with van der Waals surface area (Å²) in [4.78, 5) is 13.5. The van der Waals surface area contributed by atoms with Crippen molar-refractivity contribution in [3.05, 3.63) is 52.2 Å². The maximum absolute atomic E-state index is 12.9. The van der Waals surface area contributed by atoms with Crippen molar-refractivity contribution in [1.29, 1.82) is 0 Å². The van der Waals surface area contributed by atoms with Crippen molar-refractivity contribution >= 4 is 27.3 Å². The summed E-state index contributed by atoms with van der Waals surface area (Å²) in [7, 11) is -3.67. The largest absolute Gasteiger partial charge is 0.373 e. The van der Waals surface area contributed by atoms with Gasteiger partial charge in [0.2, 0.25) is 10.0 Å². The van der Waals surface area contributed by atoms with Crippen LogP contribution in [0, 0.1) is 0 Å². The average molecular weight is 395 g/mol. The molecular weight excluding hydrogens is 372 g/mol. The zero-order valence-corrected chi connectivity index (χ0v) is 16.3. The summed E-state index contributed by atoms with van der Waals surface area (Å²) < 4.78 is 32.9. The maximum Gasteiger partial charge on any atom is 0.251 e. The van der Waals surface area contributed by atoms with Gasteiger partial charge in [0.05, 0.1) is 23.6 Å². The summed E-state index contributed by atoms with van der Waals surface area (Å²) in [5.41, 5.74) is 0.331. The first-order valence-electron chi connectivity index (χ1n) is 8.42. The van der Waals surface area contributed by atoms with Crippen LogP contribution in [0.15, 0.2) is 46.7 Å². The Balaban J connectivity index is 1.76. The molecule has 1 saturated heterocycles. The van der Waals surface area contributed by atoms with Crippen LogP contribution in [0.25, 0.3) is 0 Å². The number of carbonyl (C=O) groups excluding carboxylic acids is 1. The fourth-order valence-corrected chi connectivity index (χ4v) is 5.24. The fourth-order valence-electron chi connectivity index (χ4n) is 2.96. The molecule has 1 fully saturated rings. The predicted molar refractivity (Wildman–Crippen MR) is 101 cm³/mol. The Bertz CT molecular complexity index is 855. The molecule has 6 nitrogen and oxygen atoms in total. The highest BCUT2D eigenvalue weighted by Gasteiger charge is 2.32. The van der Waals surface area contributed by atoms with Crippen LogP contribution in [0.2, 0.25) is 0 Å². The zero-order chi connectivity index (χ0) is 18.7. The molecule has 8 heteroatoms. The lowest BCUT2D eigenvalue weighted by Gasteiger charge is -2.34. The lowest BCUT2D eigenvalue weighted by Crippen LogP contribution is -2.48. The van der Waals surface area contributed by atoms with Crippen LogP contribution in [0.4, 0.5) is 0 Å². The van der Waals surface area contributed by atoms with Crippen LogP contribution >= 0.6 is 11.3 Å². The van der Waals surface area contributed by atoms with Gasteiger partial charge in [0.1, 0.15) is 0 Å². The number of benzene rings is 1. The van der Waals surface area contributed by atoms with Crippen LogP contribution in [0.5, 0.6) is 0 Å². The van der Waals surface area contributed by atoms with Crippen molar-refractivity contribution in [2.75, 3.05) is 13.1 Å². The standard InChI is InChI=1S/C18H22N2O4S2/c1-13-11-20(12-14(2)24-13)26(22,23)17-7-3-5-15(9-17)18(21)19-10-16-6-4-8-25-16/h3-9,13-14H,10-12H2,1-2H3,(H,19,21)/t13-,14-/m1/s1. The molecule has 1 aromatic heterocycles. The van der Waals surface area contributed by atoms with Crippen molar-refractivity contribution in [2.24, 2.45) is 0 Å². The molecule has 0 unspecified atom stereocenters. The number of rotatable bonds is 5. The van der Waals surface area contributed by atoms with Gasteiger partial charge in [0, 0.05) is 23.5 Å². The number of carbonyl (C=O) groups is 1. The van der Waals surface area contributed by atoms with Crippen LogP contribution in [-0.4, -0.2) is 43.9 Å². The molecular formula is C18H22N2O4S2. The number of ether oxygens (including phenoxy) is 1. The Hall–Kier alpha value is -1.74. The fraction of sp³-hybridized carbons (Fsp3) is 0.389. The summed E-state index contributed by atoms with van der Waals surface area (Å²) >= 11 is 1.56. The van der Waals surface area contributed by atoms with Gasteiger partial charge in [-0.3, -0.25) is 4.79 Å². The lowest BCUT2D eigenvalue weighted by atomic mass is 10.2. The third-order valence-corrected chi connectivity index (χ3v) is 6.83. The molecule has 0 spiro atoms. The predicted octanol–water partition coefficient (Wildman–Crippen LogP) is 2.48. The van der Waals surface area contributed by atoms with E-state index in [1.807, 2.05) is 31.4 Å². The SMILES string of the molecule is C[C@@H]1CN(S(=O)(=O)c2cccc(C(=O)NCc3cccs3)c2)C[C@@H](C)O1. The van der Waals surface area contributed by atoms with Gasteiger partial charge in [-0.1, -0.05) is 12.1 Å². The molecule has 140 valence electrons. The first-order valence-corrected chi connectivity index (χ1v) is 10.7. The summed E-state index contributed by atoms with van der Waals surface area (Å²) in [6.45, 7) is 4.74. The molecule has 0 aliphatic carbocycles. The summed E-state index contributed by atoms with van der Waals surface area (Å²) in [5.74, 6) is -0.292. The lowest BCUT2D eigenvalue weighted by molar-refractivity contribution is -0.0440. The number of sulfonamides is 1. The number of thiophene rings is 1. The molecule has 1 amide bonds. The molecule has 2 aromatic rings. The smallest absolute Gasteiger partial charge is 0.251 e. The average Bonchev–Trinajstić information content (AvgIpc) is 3.12. The van der Waals surface area contributed by atoms with Gasteiger partial charge in [0.15, 0.2) is 0 Å². The Morgan fingerprint density at radius 2 is 1.96 bits per heavy atom. The van der Waals surface area contributed by atoms with E-state index in [2.05, 4.69) is 5.32 Å². The monoisotopic (exact) mass is 394 g/mol. The third kappa shape index (κ3) is 4.32. The van der Waals surface area contributed by atoms with Gasteiger partial charge in [-0.05, 0) is 43.5 Å². The van der Waals surface area contributed by atoms with E-state index in [9.17, 15) is 13.2 Å². The van der Waals surface area contributed by atoms with E-state index >= 15 is 0 Å². The molecule has 2 heterocycles. The summed E-state index contributed by atoms with van der Waals surface area (Å²) in [6.07, 6.45) is -0.323. The van der Waals surface area contributed by atoms with E-state index in [1.54, 1.807) is 23.5 Å². The number of hydrogen-bond acceptors (Lipinski definition) is 5. The van der Waals surface area contributed by atoms with E-state index < -0.39 is 10.0 Å². The topological polar surface area (TPSA) is 75.7 Å². The second-order valence-corrected chi connectivity index (χ2v) is 9.34. The number of amides is 1. The molecule has 1 aromatic carbocycles. The molecule has 3 rings (SSSR count). The number of nitrogens with one attached hydrogen (secondary N) is 1. The van der Waals surface area contributed by atoms with Crippen LogP contribution in [-0.2, 0) is 21.3 Å². The summed E-state index contributed by atoms with van der Waals surface area (Å²) in [5, 5.41) is 4.76. The van der Waals surface area contributed by atoms with Gasteiger partial charge in [-0.25, -0.2) is 8.42 Å². The van der Waals surface area contributed by atoms with Gasteiger partial charge < -0.3 is 10.1 Å². The minimum absolute atomic E-state index is 0.127. The molecule has 1 aliphatic heterocycles. The molecule has 0 radical (unpaired) electrons. The van der Waals surface area contributed by atoms with E-state index in [4.69, 9.17) is 4.74 Å². The molecule has 1 N–H and O–H groups in total. The van der Waals surface area contributed by atoms with Crippen molar-refractivity contribution in [3.63, 3.8) is 0 Å². The minimum atomic E-state index is -3.67. The third-order valence-electron chi connectivity index (χ3n) is 4.12. The van der Waals surface area contributed by atoms with Crippen molar-refractivity contribution < 1.29 is 17.9 Å². The van der Waals surface area contributed by atoms with Gasteiger partial charge in [0.25, 0.3) is 5.91 Å². The van der Waals surface area contributed by atoms with Gasteiger partial charge in [-0.2, -0.15) is 4.31 Å². The van der Waals surface area contributed by atoms with Crippen LogP contribution < -0.4 is 5.32 Å². The Morgan fingerprint density at radius 3 is 2.62 bits per heavy atom. The Kier molecular flexibility index (Phi) is 5.76. The maximum atomic E-state index is 12.9. The quantitative estimate of drug-likeness (QED) is 0.845. The molecule has 26 heavy (non-hydrogen) atoms. The van der Waals surface area contributed by atoms with Crippen LogP contribution in [0.3, 0.4) is 0 Å². The highest BCUT2D eigenvalue weighted by Crippen LogP contribution is 2.22. The first kappa shape index (κ1) is 19.0. The van der Waals surface area contributed by atoms with E-state index in [0.717, 1.165) is 4.88 Å². The summed E-state index contributed by atoms with van der Waals surface area (Å²) in [6, 6.07) is 10.0. The normalized spacial score (nSPS) is 21.5. The zero-order valence-electron chi connectivity index (χ0n) is 14.7. The van der Waals surface area contributed by atoms with E-state index in [1.165, 1.54) is 16.4 Å². The van der Waals surface area contributed by atoms with Crippen LogP contribution in [0.1, 0.15) is 29.1 Å². The second-order valence-electron chi connectivity index (χ2n) is 6.37. The van der Waals surface area contributed by atoms with Crippen molar-refractivity contribution in [2.45, 2.75) is 37.5 Å². The molecule has 0 bridgehead atoms. The van der Waals surface area contributed by atoms with Crippen molar-refractivity contribution in [3.8, 4) is 0 Å².